The first-order valence-corrected chi connectivity index (χ1v) is 3.57. The molecule has 0 aromatic rings. The standard InChI is InChI=1S/C6H9N3S/c1-4-5(3-7)2-6(8)10-9-4/h2-3,9H,1,7-8H2/b5-3-. The van der Waals surface area contributed by atoms with Crippen molar-refractivity contribution in [2.75, 3.05) is 0 Å². The van der Waals surface area contributed by atoms with Crippen LogP contribution in [0.25, 0.3) is 0 Å². The lowest BCUT2D eigenvalue weighted by atomic mass is 10.2. The summed E-state index contributed by atoms with van der Waals surface area (Å²) in [4.78, 5) is 0. The number of hydrogen-bond acceptors (Lipinski definition) is 4. The van der Waals surface area contributed by atoms with Crippen molar-refractivity contribution in [2.45, 2.75) is 0 Å². The van der Waals surface area contributed by atoms with Crippen LogP contribution in [-0.4, -0.2) is 0 Å². The Bertz CT molecular complexity index is 217. The Kier molecular flexibility index (Phi) is 1.91. The summed E-state index contributed by atoms with van der Waals surface area (Å²) in [5, 5.41) is 0.698. The van der Waals surface area contributed by atoms with E-state index in [0.29, 0.717) is 5.03 Å². The lowest BCUT2D eigenvalue weighted by Gasteiger charge is -2.14. The predicted octanol–water partition coefficient (Wildman–Crippen LogP) is 0.394. The predicted molar refractivity (Wildman–Crippen MR) is 44.4 cm³/mol. The van der Waals surface area contributed by atoms with Gasteiger partial charge in [0.15, 0.2) is 0 Å². The first-order chi connectivity index (χ1) is 4.74. The highest BCUT2D eigenvalue weighted by molar-refractivity contribution is 8.01. The second-order valence-electron chi connectivity index (χ2n) is 1.85. The third-order valence-corrected chi connectivity index (χ3v) is 1.82. The molecule has 54 valence electrons. The quantitative estimate of drug-likeness (QED) is 0.443. The highest BCUT2D eigenvalue weighted by atomic mass is 32.2. The third-order valence-electron chi connectivity index (χ3n) is 1.12. The monoisotopic (exact) mass is 155 g/mol. The molecule has 0 fully saturated rings. The van der Waals surface area contributed by atoms with Crippen LogP contribution in [0.15, 0.2) is 35.2 Å². The first-order valence-electron chi connectivity index (χ1n) is 2.75. The van der Waals surface area contributed by atoms with Crippen LogP contribution in [0.2, 0.25) is 0 Å². The number of allylic oxidation sites excluding steroid dienone is 1. The number of nitrogens with one attached hydrogen (secondary N) is 1. The summed E-state index contributed by atoms with van der Waals surface area (Å²) < 4.78 is 2.91. The molecule has 0 unspecified atom stereocenters. The normalized spacial score (nSPS) is 22.2. The molecule has 1 aliphatic heterocycles. The minimum atomic E-state index is 0.698. The summed E-state index contributed by atoms with van der Waals surface area (Å²) in [5.41, 5.74) is 12.4. The Morgan fingerprint density at radius 3 is 2.90 bits per heavy atom. The fourth-order valence-corrected chi connectivity index (χ4v) is 1.14. The average Bonchev–Trinajstić information content (AvgIpc) is 1.94. The molecule has 1 aliphatic rings. The third kappa shape index (κ3) is 1.27. The molecule has 0 bridgehead atoms. The first kappa shape index (κ1) is 7.08. The van der Waals surface area contributed by atoms with Crippen molar-refractivity contribution >= 4 is 11.9 Å². The van der Waals surface area contributed by atoms with Gasteiger partial charge in [-0.15, -0.1) is 0 Å². The van der Waals surface area contributed by atoms with Crippen LogP contribution in [0.3, 0.4) is 0 Å². The Balaban J connectivity index is 2.89. The molecule has 0 amide bonds. The maximum Gasteiger partial charge on any atom is 0.0873 e. The molecular formula is C6H9N3S. The van der Waals surface area contributed by atoms with Gasteiger partial charge < -0.3 is 16.2 Å². The van der Waals surface area contributed by atoms with Gasteiger partial charge in [-0.05, 0) is 6.08 Å². The molecule has 1 heterocycles. The van der Waals surface area contributed by atoms with Crippen LogP contribution in [0.4, 0.5) is 0 Å². The van der Waals surface area contributed by atoms with Gasteiger partial charge in [-0.3, -0.25) is 0 Å². The Hall–Kier alpha value is -1.03. The average molecular weight is 155 g/mol. The van der Waals surface area contributed by atoms with E-state index in [1.165, 1.54) is 18.1 Å². The van der Waals surface area contributed by atoms with Crippen molar-refractivity contribution in [3.05, 3.63) is 35.2 Å². The van der Waals surface area contributed by atoms with Gasteiger partial charge >= 0.3 is 0 Å². The van der Waals surface area contributed by atoms with E-state index in [-0.39, 0.29) is 0 Å². The van der Waals surface area contributed by atoms with E-state index in [9.17, 15) is 0 Å². The minimum Gasteiger partial charge on any atom is -0.404 e. The molecule has 0 atom stereocenters. The van der Waals surface area contributed by atoms with Crippen molar-refractivity contribution in [1.82, 2.24) is 4.72 Å². The SMILES string of the molecule is C=C1NSC(N)=C/C1=C/N. The maximum absolute atomic E-state index is 5.49. The molecule has 0 radical (unpaired) electrons. The van der Waals surface area contributed by atoms with Gasteiger partial charge in [0.1, 0.15) is 0 Å². The second kappa shape index (κ2) is 2.70. The molecule has 4 heteroatoms. The van der Waals surface area contributed by atoms with E-state index in [4.69, 9.17) is 11.5 Å². The Labute approximate surface area is 64.0 Å². The molecule has 1 rings (SSSR count). The molecule has 0 aromatic carbocycles. The summed E-state index contributed by atoms with van der Waals surface area (Å²) in [6.45, 7) is 3.72. The fraction of sp³-hybridized carbons (Fsp3) is 0. The summed E-state index contributed by atoms with van der Waals surface area (Å²) in [7, 11) is 0. The number of rotatable bonds is 0. The zero-order valence-corrected chi connectivity index (χ0v) is 6.24. The lowest BCUT2D eigenvalue weighted by molar-refractivity contribution is 1.21. The highest BCUT2D eigenvalue weighted by Gasteiger charge is 2.06. The van der Waals surface area contributed by atoms with E-state index >= 15 is 0 Å². The van der Waals surface area contributed by atoms with Gasteiger partial charge in [-0.25, -0.2) is 0 Å². The van der Waals surface area contributed by atoms with E-state index < -0.39 is 0 Å². The van der Waals surface area contributed by atoms with Gasteiger partial charge in [-0.1, -0.05) is 6.58 Å². The maximum atomic E-state index is 5.49. The molecular weight excluding hydrogens is 146 g/mol. The van der Waals surface area contributed by atoms with Gasteiger partial charge in [0.25, 0.3) is 0 Å². The molecule has 3 nitrogen and oxygen atoms in total. The van der Waals surface area contributed by atoms with E-state index in [2.05, 4.69) is 11.3 Å². The zero-order chi connectivity index (χ0) is 7.56. The number of hydrogen-bond donors (Lipinski definition) is 3. The van der Waals surface area contributed by atoms with Crippen LogP contribution < -0.4 is 16.2 Å². The highest BCUT2D eigenvalue weighted by Crippen LogP contribution is 2.20. The van der Waals surface area contributed by atoms with Crippen LogP contribution in [-0.2, 0) is 0 Å². The van der Waals surface area contributed by atoms with Crippen molar-refractivity contribution in [3.8, 4) is 0 Å². The molecule has 0 aromatic heterocycles. The summed E-state index contributed by atoms with van der Waals surface area (Å²) in [6.07, 6.45) is 3.26. The fourth-order valence-electron chi connectivity index (χ4n) is 0.598. The molecule has 0 saturated heterocycles. The van der Waals surface area contributed by atoms with Gasteiger partial charge in [-0.2, -0.15) is 0 Å². The molecule has 0 spiro atoms. The molecule has 0 saturated carbocycles. The van der Waals surface area contributed by atoms with Crippen molar-refractivity contribution in [1.29, 1.82) is 0 Å². The Morgan fingerprint density at radius 1 is 1.70 bits per heavy atom. The zero-order valence-electron chi connectivity index (χ0n) is 5.42. The summed E-state index contributed by atoms with van der Waals surface area (Å²) in [5.74, 6) is 0. The van der Waals surface area contributed by atoms with Crippen molar-refractivity contribution in [2.24, 2.45) is 11.5 Å². The smallest absolute Gasteiger partial charge is 0.0873 e. The van der Waals surface area contributed by atoms with Crippen LogP contribution in [0.1, 0.15) is 0 Å². The minimum absolute atomic E-state index is 0.698. The molecule has 0 aliphatic carbocycles. The largest absolute Gasteiger partial charge is 0.404 e. The summed E-state index contributed by atoms with van der Waals surface area (Å²) >= 11 is 1.34. The van der Waals surface area contributed by atoms with Gasteiger partial charge in [0, 0.05) is 29.4 Å². The van der Waals surface area contributed by atoms with Gasteiger partial charge in [0.05, 0.1) is 5.03 Å². The van der Waals surface area contributed by atoms with E-state index in [0.717, 1.165) is 11.3 Å². The van der Waals surface area contributed by atoms with Crippen LogP contribution in [0, 0.1) is 0 Å². The van der Waals surface area contributed by atoms with E-state index in [1.54, 1.807) is 6.08 Å². The van der Waals surface area contributed by atoms with E-state index in [1.807, 2.05) is 0 Å². The van der Waals surface area contributed by atoms with Crippen molar-refractivity contribution < 1.29 is 0 Å². The molecule has 5 N–H and O–H groups in total. The van der Waals surface area contributed by atoms with Crippen LogP contribution in [0.5, 0.6) is 0 Å². The number of nitrogens with two attached hydrogens (primary N) is 2. The van der Waals surface area contributed by atoms with Crippen LogP contribution >= 0.6 is 11.9 Å². The Morgan fingerprint density at radius 2 is 2.40 bits per heavy atom. The molecule has 10 heavy (non-hydrogen) atoms. The second-order valence-corrected chi connectivity index (χ2v) is 2.73. The van der Waals surface area contributed by atoms with Crippen molar-refractivity contribution in [3.63, 3.8) is 0 Å². The topological polar surface area (TPSA) is 64.1 Å². The lowest BCUT2D eigenvalue weighted by Crippen LogP contribution is -2.13. The summed E-state index contributed by atoms with van der Waals surface area (Å²) in [6, 6.07) is 0. The van der Waals surface area contributed by atoms with Gasteiger partial charge in [0.2, 0.25) is 0 Å².